The molecule has 1 N–H and O–H groups in total. The first-order chi connectivity index (χ1) is 7.55. The second-order valence-electron chi connectivity index (χ2n) is 5.17. The quantitative estimate of drug-likeness (QED) is 0.793. The van der Waals surface area contributed by atoms with E-state index in [1.807, 2.05) is 0 Å². The molecule has 0 heterocycles. The molecule has 0 radical (unpaired) electrons. The highest BCUT2D eigenvalue weighted by molar-refractivity contribution is 7.89. The van der Waals surface area contributed by atoms with Crippen molar-refractivity contribution in [2.45, 2.75) is 56.4 Å². The Hall–Kier alpha value is 0.200. The van der Waals surface area contributed by atoms with E-state index in [2.05, 4.69) is 4.72 Å². The van der Waals surface area contributed by atoms with Crippen molar-refractivity contribution in [2.24, 2.45) is 5.92 Å². The van der Waals surface area contributed by atoms with E-state index in [0.717, 1.165) is 25.7 Å². The summed E-state index contributed by atoms with van der Waals surface area (Å²) in [5.41, 5.74) is 0. The molecular weight excluding hydrogens is 246 g/mol. The maximum atomic E-state index is 11.9. The van der Waals surface area contributed by atoms with Gasteiger partial charge in [0.25, 0.3) is 0 Å². The van der Waals surface area contributed by atoms with Crippen molar-refractivity contribution in [3.8, 4) is 0 Å². The molecule has 16 heavy (non-hydrogen) atoms. The molecule has 0 unspecified atom stereocenters. The Kier molecular flexibility index (Phi) is 4.14. The van der Waals surface area contributed by atoms with E-state index in [0.29, 0.717) is 11.7 Å². The number of hydrogen-bond donors (Lipinski definition) is 1. The molecule has 2 saturated carbocycles. The third kappa shape index (κ3) is 3.60. The van der Waals surface area contributed by atoms with Crippen LogP contribution in [0.25, 0.3) is 0 Å². The Morgan fingerprint density at radius 2 is 1.75 bits per heavy atom. The summed E-state index contributed by atoms with van der Waals surface area (Å²) in [6.45, 7) is 0. The maximum Gasteiger partial charge on any atom is 0.212 e. The molecule has 0 amide bonds. The monoisotopic (exact) mass is 265 g/mol. The van der Waals surface area contributed by atoms with E-state index in [-0.39, 0.29) is 11.4 Å². The number of sulfonamides is 1. The first kappa shape index (κ1) is 12.7. The summed E-state index contributed by atoms with van der Waals surface area (Å²) in [6, 6.07) is 0.0936. The van der Waals surface area contributed by atoms with E-state index in [1.165, 1.54) is 19.3 Å². The number of alkyl halides is 1. The van der Waals surface area contributed by atoms with Gasteiger partial charge in [-0.3, -0.25) is 0 Å². The topological polar surface area (TPSA) is 46.2 Å². The minimum absolute atomic E-state index is 0.0936. The number of rotatable bonds is 4. The SMILES string of the molecule is O=S(=O)(CC1CCCCC1)NC1CC(Cl)C1. The van der Waals surface area contributed by atoms with Gasteiger partial charge >= 0.3 is 0 Å². The van der Waals surface area contributed by atoms with Crippen LogP contribution in [0.4, 0.5) is 0 Å². The fourth-order valence-corrected chi connectivity index (χ4v) is 4.79. The Bertz CT molecular complexity index is 319. The van der Waals surface area contributed by atoms with Gasteiger partial charge in [-0.25, -0.2) is 13.1 Å². The second kappa shape index (κ2) is 5.23. The molecule has 0 aromatic carbocycles. The van der Waals surface area contributed by atoms with Gasteiger partial charge in [-0.2, -0.15) is 0 Å². The summed E-state index contributed by atoms with van der Waals surface area (Å²) in [4.78, 5) is 0. The van der Waals surface area contributed by atoms with Crippen LogP contribution in [0, 0.1) is 5.92 Å². The molecule has 0 bridgehead atoms. The highest BCUT2D eigenvalue weighted by atomic mass is 35.5. The Morgan fingerprint density at radius 1 is 1.12 bits per heavy atom. The zero-order valence-corrected chi connectivity index (χ0v) is 11.1. The van der Waals surface area contributed by atoms with Crippen LogP contribution in [0.2, 0.25) is 0 Å². The van der Waals surface area contributed by atoms with Crippen LogP contribution in [0.3, 0.4) is 0 Å². The zero-order chi connectivity index (χ0) is 11.6. The van der Waals surface area contributed by atoms with E-state index >= 15 is 0 Å². The Labute approximate surface area is 103 Å². The molecule has 2 rings (SSSR count). The highest BCUT2D eigenvalue weighted by Crippen LogP contribution is 2.28. The lowest BCUT2D eigenvalue weighted by atomic mass is 9.91. The molecule has 2 aliphatic carbocycles. The van der Waals surface area contributed by atoms with Crippen molar-refractivity contribution < 1.29 is 8.42 Å². The van der Waals surface area contributed by atoms with Gasteiger partial charge < -0.3 is 0 Å². The molecule has 2 aliphatic rings. The molecule has 0 aliphatic heterocycles. The highest BCUT2D eigenvalue weighted by Gasteiger charge is 2.31. The fraction of sp³-hybridized carbons (Fsp3) is 1.00. The first-order valence-corrected chi connectivity index (χ1v) is 8.28. The fourth-order valence-electron chi connectivity index (χ4n) is 2.61. The van der Waals surface area contributed by atoms with Gasteiger partial charge in [0.2, 0.25) is 10.0 Å². The smallest absolute Gasteiger partial charge is 0.212 e. The van der Waals surface area contributed by atoms with E-state index in [4.69, 9.17) is 11.6 Å². The molecule has 0 spiro atoms. The van der Waals surface area contributed by atoms with Crippen molar-refractivity contribution in [3.05, 3.63) is 0 Å². The minimum atomic E-state index is -3.07. The first-order valence-electron chi connectivity index (χ1n) is 6.19. The van der Waals surface area contributed by atoms with Gasteiger partial charge in [-0.05, 0) is 31.6 Å². The van der Waals surface area contributed by atoms with Crippen molar-refractivity contribution in [1.82, 2.24) is 4.72 Å². The third-order valence-corrected chi connectivity index (χ3v) is 5.57. The summed E-state index contributed by atoms with van der Waals surface area (Å²) < 4.78 is 26.5. The predicted octanol–water partition coefficient (Wildman–Crippen LogP) is 2.26. The molecule has 0 aromatic rings. The molecule has 3 nitrogen and oxygen atoms in total. The van der Waals surface area contributed by atoms with Crippen LogP contribution < -0.4 is 4.72 Å². The van der Waals surface area contributed by atoms with Crippen molar-refractivity contribution >= 4 is 21.6 Å². The van der Waals surface area contributed by atoms with Gasteiger partial charge in [0.05, 0.1) is 5.75 Å². The maximum absolute atomic E-state index is 11.9. The number of hydrogen-bond acceptors (Lipinski definition) is 2. The van der Waals surface area contributed by atoms with E-state index in [9.17, 15) is 8.42 Å². The predicted molar refractivity (Wildman–Crippen MR) is 66.2 cm³/mol. The van der Waals surface area contributed by atoms with Crippen molar-refractivity contribution in [2.75, 3.05) is 5.75 Å². The minimum Gasteiger partial charge on any atom is -0.212 e. The Balaban J connectivity index is 1.78. The van der Waals surface area contributed by atoms with Crippen LogP contribution in [0.15, 0.2) is 0 Å². The van der Waals surface area contributed by atoms with Crippen LogP contribution in [0.5, 0.6) is 0 Å². The van der Waals surface area contributed by atoms with Crippen LogP contribution in [-0.2, 0) is 10.0 Å². The van der Waals surface area contributed by atoms with Crippen molar-refractivity contribution in [1.29, 1.82) is 0 Å². The van der Waals surface area contributed by atoms with Gasteiger partial charge in [0.15, 0.2) is 0 Å². The second-order valence-corrected chi connectivity index (χ2v) is 7.58. The molecule has 5 heteroatoms. The lowest BCUT2D eigenvalue weighted by Gasteiger charge is -2.32. The van der Waals surface area contributed by atoms with Gasteiger partial charge in [-0.15, -0.1) is 11.6 Å². The lowest BCUT2D eigenvalue weighted by Crippen LogP contribution is -2.46. The molecule has 0 aromatic heterocycles. The summed E-state index contributed by atoms with van der Waals surface area (Å²) in [6.07, 6.45) is 7.35. The van der Waals surface area contributed by atoms with Gasteiger partial charge in [0, 0.05) is 11.4 Å². The summed E-state index contributed by atoms with van der Waals surface area (Å²) in [5.74, 6) is 0.689. The number of halogens is 1. The van der Waals surface area contributed by atoms with E-state index < -0.39 is 10.0 Å². The van der Waals surface area contributed by atoms with Gasteiger partial charge in [0.1, 0.15) is 0 Å². The molecule has 94 valence electrons. The largest absolute Gasteiger partial charge is 0.212 e. The van der Waals surface area contributed by atoms with E-state index in [1.54, 1.807) is 0 Å². The third-order valence-electron chi connectivity index (χ3n) is 3.61. The molecule has 2 fully saturated rings. The normalized spacial score (nSPS) is 32.3. The van der Waals surface area contributed by atoms with Crippen LogP contribution in [0.1, 0.15) is 44.9 Å². The zero-order valence-electron chi connectivity index (χ0n) is 9.49. The molecular formula is C11H20ClNO2S. The van der Waals surface area contributed by atoms with Gasteiger partial charge in [-0.1, -0.05) is 19.3 Å². The molecule has 0 saturated heterocycles. The lowest BCUT2D eigenvalue weighted by molar-refractivity contribution is 0.371. The standard InChI is InChI=1S/C11H20ClNO2S/c12-10-6-11(7-10)13-16(14,15)8-9-4-2-1-3-5-9/h9-11,13H,1-8H2. The van der Waals surface area contributed by atoms with Crippen LogP contribution in [-0.4, -0.2) is 25.6 Å². The average molecular weight is 266 g/mol. The molecule has 0 atom stereocenters. The summed E-state index contributed by atoms with van der Waals surface area (Å²) in [5, 5.41) is 0.169. The average Bonchev–Trinajstić information content (AvgIpc) is 2.15. The summed E-state index contributed by atoms with van der Waals surface area (Å²) in [7, 11) is -3.07. The Morgan fingerprint density at radius 3 is 2.31 bits per heavy atom. The van der Waals surface area contributed by atoms with Crippen LogP contribution >= 0.6 is 11.6 Å². The number of nitrogens with one attached hydrogen (secondary N) is 1. The summed E-state index contributed by atoms with van der Waals surface area (Å²) >= 11 is 5.83. The van der Waals surface area contributed by atoms with Crippen molar-refractivity contribution in [3.63, 3.8) is 0 Å².